The van der Waals surface area contributed by atoms with Crippen LogP contribution in [0.1, 0.15) is 40.2 Å². The number of aryl methyl sites for hydroxylation is 1. The van der Waals surface area contributed by atoms with Crippen LogP contribution in [0.3, 0.4) is 0 Å². The topological polar surface area (TPSA) is 94.3 Å². The highest BCUT2D eigenvalue weighted by Gasteiger charge is 2.25. The lowest BCUT2D eigenvalue weighted by atomic mass is 10.1. The number of carbonyl (C=O) groups is 2. The van der Waals surface area contributed by atoms with Gasteiger partial charge in [0.05, 0.1) is 16.9 Å². The predicted molar refractivity (Wildman–Crippen MR) is 115 cm³/mol. The molecule has 1 aliphatic rings. The molecule has 0 radical (unpaired) electrons. The van der Waals surface area contributed by atoms with Crippen LogP contribution in [0.15, 0.2) is 42.7 Å². The Morgan fingerprint density at radius 3 is 2.71 bits per heavy atom. The van der Waals surface area contributed by atoms with Crippen LogP contribution < -0.4 is 10.1 Å². The molecular weight excluding hydrogens is 420 g/mol. The van der Waals surface area contributed by atoms with Gasteiger partial charge in [-0.1, -0.05) is 23.7 Å². The maximum atomic E-state index is 12.9. The van der Waals surface area contributed by atoms with Crippen molar-refractivity contribution in [1.29, 1.82) is 0 Å². The number of benzene rings is 1. The van der Waals surface area contributed by atoms with Crippen LogP contribution in [-0.2, 0) is 13.8 Å². The maximum absolute atomic E-state index is 12.9. The van der Waals surface area contributed by atoms with Crippen LogP contribution in [0.2, 0.25) is 5.02 Å². The highest BCUT2D eigenvalue weighted by atomic mass is 35.5. The zero-order valence-corrected chi connectivity index (χ0v) is 17.9. The second-order valence-corrected chi connectivity index (χ2v) is 7.69. The molecule has 4 rings (SSSR count). The fraction of sp³-hybridized carbons (Fsp3) is 0.333. The van der Waals surface area contributed by atoms with E-state index < -0.39 is 5.91 Å². The summed E-state index contributed by atoms with van der Waals surface area (Å²) in [6, 6.07) is 8.69. The van der Waals surface area contributed by atoms with Crippen LogP contribution in [0.4, 0.5) is 5.69 Å². The van der Waals surface area contributed by atoms with Crippen molar-refractivity contribution in [2.45, 2.75) is 26.0 Å². The van der Waals surface area contributed by atoms with Crippen molar-refractivity contribution in [3.8, 4) is 5.75 Å². The summed E-state index contributed by atoms with van der Waals surface area (Å²) in [5.74, 6) is -0.0345. The molecule has 10 heteroatoms. The molecule has 0 bridgehead atoms. The first-order valence-corrected chi connectivity index (χ1v) is 10.4. The van der Waals surface area contributed by atoms with E-state index in [-0.39, 0.29) is 18.3 Å². The first kappa shape index (κ1) is 20.9. The Morgan fingerprint density at radius 2 is 1.94 bits per heavy atom. The summed E-state index contributed by atoms with van der Waals surface area (Å²) in [4.78, 5) is 27.4. The van der Waals surface area contributed by atoms with Crippen molar-refractivity contribution in [3.63, 3.8) is 0 Å². The summed E-state index contributed by atoms with van der Waals surface area (Å²) in [5.41, 5.74) is 0.921. The van der Waals surface area contributed by atoms with Gasteiger partial charge in [0.25, 0.3) is 11.8 Å². The number of hydrogen-bond acceptors (Lipinski definition) is 5. The molecule has 2 amide bonds. The Bertz CT molecular complexity index is 1090. The lowest BCUT2D eigenvalue weighted by Gasteiger charge is -2.27. The summed E-state index contributed by atoms with van der Waals surface area (Å²) >= 11 is 6.08. The third kappa shape index (κ3) is 4.72. The number of likely N-dealkylation sites (tertiary alicyclic amines) is 1. The summed E-state index contributed by atoms with van der Waals surface area (Å²) in [6.45, 7) is 1.53. The number of piperidine rings is 1. The SMILES string of the molecule is Cn1ncc(NC(=O)c2ccn(COc3ccccc3Cl)n2)c1C(=O)N1CCCCC1. The van der Waals surface area contributed by atoms with Crippen molar-refractivity contribution in [2.24, 2.45) is 7.05 Å². The minimum absolute atomic E-state index is 0.0998. The van der Waals surface area contributed by atoms with Crippen molar-refractivity contribution in [3.05, 3.63) is 59.1 Å². The second kappa shape index (κ2) is 9.22. The molecule has 162 valence electrons. The van der Waals surface area contributed by atoms with E-state index in [0.29, 0.717) is 35.2 Å². The molecule has 0 spiro atoms. The van der Waals surface area contributed by atoms with E-state index >= 15 is 0 Å². The van der Waals surface area contributed by atoms with Crippen LogP contribution in [0.25, 0.3) is 0 Å². The van der Waals surface area contributed by atoms with Crippen molar-refractivity contribution in [2.75, 3.05) is 18.4 Å². The van der Waals surface area contributed by atoms with Crippen LogP contribution >= 0.6 is 11.6 Å². The number of anilines is 1. The maximum Gasteiger partial charge on any atom is 0.276 e. The van der Waals surface area contributed by atoms with Crippen molar-refractivity contribution >= 4 is 29.1 Å². The fourth-order valence-electron chi connectivity index (χ4n) is 3.47. The first-order valence-electron chi connectivity index (χ1n) is 10.1. The van der Waals surface area contributed by atoms with Gasteiger partial charge in [-0.3, -0.25) is 14.3 Å². The van der Waals surface area contributed by atoms with E-state index in [9.17, 15) is 9.59 Å². The van der Waals surface area contributed by atoms with Crippen LogP contribution in [0.5, 0.6) is 5.75 Å². The van der Waals surface area contributed by atoms with Gasteiger partial charge >= 0.3 is 0 Å². The number of halogens is 1. The minimum Gasteiger partial charge on any atom is -0.470 e. The van der Waals surface area contributed by atoms with Gasteiger partial charge in [-0.05, 0) is 37.5 Å². The monoisotopic (exact) mass is 442 g/mol. The lowest BCUT2D eigenvalue weighted by molar-refractivity contribution is 0.0714. The van der Waals surface area contributed by atoms with E-state index in [4.69, 9.17) is 16.3 Å². The average molecular weight is 443 g/mol. The molecule has 1 N–H and O–H groups in total. The van der Waals surface area contributed by atoms with Crippen LogP contribution in [-0.4, -0.2) is 49.4 Å². The van der Waals surface area contributed by atoms with Crippen LogP contribution in [0, 0.1) is 0 Å². The number of amides is 2. The van der Waals surface area contributed by atoms with Crippen molar-refractivity contribution in [1.82, 2.24) is 24.5 Å². The number of rotatable bonds is 6. The number of nitrogens with zero attached hydrogens (tertiary/aromatic N) is 5. The quantitative estimate of drug-likeness (QED) is 0.632. The first-order chi connectivity index (χ1) is 15.0. The molecule has 1 aliphatic heterocycles. The lowest BCUT2D eigenvalue weighted by Crippen LogP contribution is -2.37. The summed E-state index contributed by atoms with van der Waals surface area (Å²) in [7, 11) is 1.69. The Kier molecular flexibility index (Phi) is 6.22. The van der Waals surface area contributed by atoms with Gasteiger partial charge in [0.2, 0.25) is 0 Å². The summed E-state index contributed by atoms with van der Waals surface area (Å²) in [5, 5.41) is 11.6. The summed E-state index contributed by atoms with van der Waals surface area (Å²) < 4.78 is 8.60. The highest BCUT2D eigenvalue weighted by molar-refractivity contribution is 6.32. The predicted octanol–water partition coefficient (Wildman–Crippen LogP) is 3.18. The molecule has 0 unspecified atom stereocenters. The van der Waals surface area contributed by atoms with E-state index in [1.54, 1.807) is 36.3 Å². The molecule has 0 aliphatic carbocycles. The van der Waals surface area contributed by atoms with E-state index in [2.05, 4.69) is 15.5 Å². The Balaban J connectivity index is 1.42. The number of nitrogens with one attached hydrogen (secondary N) is 1. The Labute approximate surface area is 184 Å². The standard InChI is InChI=1S/C21H23ClN6O3/c1-26-19(21(30)27-10-5-2-6-11-27)17(13-23-26)24-20(29)16-9-12-28(25-16)14-31-18-8-4-3-7-15(18)22/h3-4,7-9,12-13H,2,5-6,10-11,14H2,1H3,(H,24,29). The molecule has 2 aromatic heterocycles. The molecule has 1 aromatic carbocycles. The molecule has 9 nitrogen and oxygen atoms in total. The molecule has 31 heavy (non-hydrogen) atoms. The number of hydrogen-bond donors (Lipinski definition) is 1. The number of carbonyl (C=O) groups excluding carboxylic acids is 2. The number of ether oxygens (including phenoxy) is 1. The van der Waals surface area contributed by atoms with E-state index in [1.165, 1.54) is 15.6 Å². The zero-order chi connectivity index (χ0) is 21.8. The molecule has 0 atom stereocenters. The Hall–Kier alpha value is -3.33. The van der Waals surface area contributed by atoms with E-state index in [1.807, 2.05) is 12.1 Å². The normalized spacial score (nSPS) is 13.8. The number of para-hydroxylation sites is 1. The second-order valence-electron chi connectivity index (χ2n) is 7.28. The van der Waals surface area contributed by atoms with Gasteiger partial charge in [0.15, 0.2) is 12.4 Å². The largest absolute Gasteiger partial charge is 0.470 e. The smallest absolute Gasteiger partial charge is 0.276 e. The van der Waals surface area contributed by atoms with Gasteiger partial charge < -0.3 is 15.0 Å². The van der Waals surface area contributed by atoms with E-state index in [0.717, 1.165) is 19.3 Å². The molecule has 1 fully saturated rings. The molecule has 3 aromatic rings. The van der Waals surface area contributed by atoms with Gasteiger partial charge in [-0.2, -0.15) is 10.2 Å². The summed E-state index contributed by atoms with van der Waals surface area (Å²) in [6.07, 6.45) is 6.21. The van der Waals surface area contributed by atoms with Gasteiger partial charge in [0.1, 0.15) is 11.4 Å². The van der Waals surface area contributed by atoms with Crippen molar-refractivity contribution < 1.29 is 14.3 Å². The molecule has 0 saturated carbocycles. The fourth-order valence-corrected chi connectivity index (χ4v) is 3.66. The molecular formula is C21H23ClN6O3. The number of aromatic nitrogens is 4. The van der Waals surface area contributed by atoms with Gasteiger partial charge in [0, 0.05) is 26.3 Å². The molecule has 1 saturated heterocycles. The Morgan fingerprint density at radius 1 is 1.16 bits per heavy atom. The van der Waals surface area contributed by atoms with Gasteiger partial charge in [-0.15, -0.1) is 0 Å². The third-order valence-electron chi connectivity index (χ3n) is 5.10. The third-order valence-corrected chi connectivity index (χ3v) is 5.41. The zero-order valence-electron chi connectivity index (χ0n) is 17.1. The molecule has 3 heterocycles. The average Bonchev–Trinajstić information content (AvgIpc) is 3.40. The highest BCUT2D eigenvalue weighted by Crippen LogP contribution is 2.23. The van der Waals surface area contributed by atoms with Gasteiger partial charge in [-0.25, -0.2) is 4.68 Å². The minimum atomic E-state index is -0.433.